The van der Waals surface area contributed by atoms with Gasteiger partial charge in [0.25, 0.3) is 0 Å². The van der Waals surface area contributed by atoms with E-state index in [9.17, 15) is 14.7 Å². The Morgan fingerprint density at radius 2 is 1.60 bits per heavy atom. The van der Waals surface area contributed by atoms with Crippen molar-refractivity contribution in [1.82, 2.24) is 4.90 Å². The van der Waals surface area contributed by atoms with Crippen molar-refractivity contribution in [3.63, 3.8) is 0 Å². The van der Waals surface area contributed by atoms with Crippen LogP contribution in [0.15, 0.2) is 131 Å². The van der Waals surface area contributed by atoms with Crippen molar-refractivity contribution in [3.8, 4) is 28.4 Å². The Morgan fingerprint density at radius 1 is 0.830 bits per heavy atom. The Bertz CT molecular complexity index is 2140. The Hall–Kier alpha value is -5.66. The predicted molar refractivity (Wildman–Crippen MR) is 181 cm³/mol. The number of hydrogen-bond donors (Lipinski definition) is 1. The Morgan fingerprint density at radius 3 is 2.43 bits per heavy atom. The lowest BCUT2D eigenvalue weighted by molar-refractivity contribution is -0.144. The van der Waals surface area contributed by atoms with Crippen LogP contribution in [-0.2, 0) is 30.9 Å². The molecule has 0 aliphatic carbocycles. The molecule has 7 rings (SSSR count). The second-order valence-corrected chi connectivity index (χ2v) is 11.8. The molecule has 1 aromatic heterocycles. The molecule has 0 saturated carbocycles. The monoisotopic (exact) mass is 623 g/mol. The fourth-order valence-electron chi connectivity index (χ4n) is 6.27. The number of fused-ring (bicyclic) bond motifs is 2. The van der Waals surface area contributed by atoms with Gasteiger partial charge in [0.05, 0.1) is 11.5 Å². The number of nitrogens with zero attached hydrogens (tertiary/aromatic N) is 1. The van der Waals surface area contributed by atoms with Gasteiger partial charge in [-0.3, -0.25) is 9.69 Å². The van der Waals surface area contributed by atoms with Crippen LogP contribution in [0, 0.1) is 6.92 Å². The molecule has 0 fully saturated rings. The summed E-state index contributed by atoms with van der Waals surface area (Å²) in [6.45, 7) is 3.24. The predicted octanol–water partition coefficient (Wildman–Crippen LogP) is 8.15. The number of carbonyl (C=O) groups is 1. The van der Waals surface area contributed by atoms with Crippen LogP contribution < -0.4 is 15.1 Å². The molecule has 7 nitrogen and oxygen atoms in total. The zero-order valence-electron chi connectivity index (χ0n) is 25.9. The molecular formula is C40H33NO6. The molecule has 0 bridgehead atoms. The lowest BCUT2D eigenvalue weighted by Gasteiger charge is -2.34. The largest absolute Gasteiger partial charge is 0.489 e. The van der Waals surface area contributed by atoms with Crippen LogP contribution in [0.1, 0.15) is 27.8 Å². The van der Waals surface area contributed by atoms with Gasteiger partial charge in [0, 0.05) is 24.7 Å². The molecule has 47 heavy (non-hydrogen) atoms. The van der Waals surface area contributed by atoms with E-state index in [4.69, 9.17) is 13.9 Å². The first-order valence-corrected chi connectivity index (χ1v) is 15.6. The second kappa shape index (κ2) is 13.0. The fraction of sp³-hybridized carbons (Fsp3) is 0.150. The number of ether oxygens (including phenoxy) is 2. The van der Waals surface area contributed by atoms with Gasteiger partial charge in [0.2, 0.25) is 0 Å². The van der Waals surface area contributed by atoms with E-state index in [-0.39, 0.29) is 0 Å². The number of benzene rings is 5. The molecule has 0 amide bonds. The minimum absolute atomic E-state index is 0.318. The summed E-state index contributed by atoms with van der Waals surface area (Å²) in [5.74, 6) is 0.525. The molecule has 0 spiro atoms. The third-order valence-electron chi connectivity index (χ3n) is 8.80. The maximum atomic E-state index is 12.5. The van der Waals surface area contributed by atoms with Crippen LogP contribution in [-0.4, -0.2) is 22.0 Å². The van der Waals surface area contributed by atoms with Crippen molar-refractivity contribution in [3.05, 3.63) is 160 Å². The van der Waals surface area contributed by atoms with Crippen LogP contribution in [0.4, 0.5) is 0 Å². The molecule has 1 aliphatic heterocycles. The molecule has 234 valence electrons. The van der Waals surface area contributed by atoms with Crippen molar-refractivity contribution in [1.29, 1.82) is 0 Å². The van der Waals surface area contributed by atoms with Gasteiger partial charge in [0.1, 0.15) is 35.5 Å². The summed E-state index contributed by atoms with van der Waals surface area (Å²) in [5.41, 5.74) is 7.29. The van der Waals surface area contributed by atoms with E-state index in [1.807, 2.05) is 83.8 Å². The molecule has 1 aliphatic rings. The molecular weight excluding hydrogens is 590 g/mol. The Balaban J connectivity index is 1.22. The average molecular weight is 624 g/mol. The van der Waals surface area contributed by atoms with Gasteiger partial charge in [-0.15, -0.1) is 0 Å². The summed E-state index contributed by atoms with van der Waals surface area (Å²) >= 11 is 0. The number of hydrogen-bond acceptors (Lipinski definition) is 6. The molecule has 5 aromatic carbocycles. The maximum absolute atomic E-state index is 12.5. The Kier molecular flexibility index (Phi) is 8.29. The van der Waals surface area contributed by atoms with Crippen LogP contribution >= 0.6 is 0 Å². The molecule has 1 N–H and O–H groups in total. The molecule has 6 aromatic rings. The van der Waals surface area contributed by atoms with Crippen molar-refractivity contribution in [2.45, 2.75) is 39.1 Å². The van der Waals surface area contributed by atoms with Gasteiger partial charge in [-0.25, -0.2) is 4.79 Å². The summed E-state index contributed by atoms with van der Waals surface area (Å²) < 4.78 is 18.2. The van der Waals surface area contributed by atoms with Gasteiger partial charge in [-0.1, -0.05) is 91.0 Å². The quantitative estimate of drug-likeness (QED) is 0.163. The number of rotatable bonds is 9. The summed E-state index contributed by atoms with van der Waals surface area (Å²) in [4.78, 5) is 26.8. The van der Waals surface area contributed by atoms with E-state index in [0.717, 1.165) is 38.9 Å². The standard InChI is InChI=1S/C40H33NO6/c1-26-31(14-9-16-33(26)27-10-3-2-4-11-27)25-45-32-19-18-30(24-41-23-29-13-6-5-12-28(29)20-35(41)40(43)44)37(21-32)46-38-22-39(42)47-36-17-8-7-15-34(36)38/h2-19,21-22,35H,20,23-25H2,1H3,(H,43,44). The topological polar surface area (TPSA) is 89.2 Å². The van der Waals surface area contributed by atoms with Crippen molar-refractivity contribution < 1.29 is 23.8 Å². The Labute approximate surface area is 272 Å². The lowest BCUT2D eigenvalue weighted by Crippen LogP contribution is -2.45. The summed E-state index contributed by atoms with van der Waals surface area (Å²) in [6, 6.07) is 37.8. The molecule has 2 heterocycles. The van der Waals surface area contributed by atoms with Gasteiger partial charge >= 0.3 is 11.6 Å². The smallest absolute Gasteiger partial charge is 0.339 e. The highest BCUT2D eigenvalue weighted by atomic mass is 16.5. The van der Waals surface area contributed by atoms with E-state index in [1.54, 1.807) is 12.1 Å². The highest BCUT2D eigenvalue weighted by Crippen LogP contribution is 2.36. The SMILES string of the molecule is Cc1c(COc2ccc(CN3Cc4ccccc4CC3C(=O)O)c(Oc3cc(=O)oc4ccccc34)c2)cccc1-c1ccccc1. The number of aliphatic carboxylic acids is 1. The molecule has 0 saturated heterocycles. The second-order valence-electron chi connectivity index (χ2n) is 11.8. The maximum Gasteiger partial charge on any atom is 0.339 e. The van der Waals surface area contributed by atoms with Crippen LogP contribution in [0.5, 0.6) is 17.2 Å². The van der Waals surface area contributed by atoms with Gasteiger partial charge in [-0.05, 0) is 64.9 Å². The van der Waals surface area contributed by atoms with Crippen LogP contribution in [0.25, 0.3) is 22.1 Å². The van der Waals surface area contributed by atoms with Crippen molar-refractivity contribution in [2.75, 3.05) is 0 Å². The number of carboxylic acid groups (broad SMARTS) is 1. The molecule has 1 atom stereocenters. The molecule has 1 unspecified atom stereocenters. The van der Waals surface area contributed by atoms with E-state index in [2.05, 4.69) is 31.2 Å². The first-order valence-electron chi connectivity index (χ1n) is 15.6. The number of para-hydroxylation sites is 1. The summed E-state index contributed by atoms with van der Waals surface area (Å²) in [5, 5.41) is 10.8. The highest BCUT2D eigenvalue weighted by Gasteiger charge is 2.32. The normalized spacial score (nSPS) is 14.4. The minimum Gasteiger partial charge on any atom is -0.489 e. The van der Waals surface area contributed by atoms with E-state index < -0.39 is 17.6 Å². The summed E-state index contributed by atoms with van der Waals surface area (Å²) in [7, 11) is 0. The van der Waals surface area contributed by atoms with Gasteiger partial charge < -0.3 is 19.0 Å². The van der Waals surface area contributed by atoms with Gasteiger partial charge in [0.15, 0.2) is 0 Å². The molecule has 0 radical (unpaired) electrons. The first kappa shape index (κ1) is 30.0. The third kappa shape index (κ3) is 6.39. The van der Waals surface area contributed by atoms with Crippen molar-refractivity contribution in [2.24, 2.45) is 0 Å². The zero-order valence-corrected chi connectivity index (χ0v) is 25.9. The van der Waals surface area contributed by atoms with E-state index in [0.29, 0.717) is 54.3 Å². The van der Waals surface area contributed by atoms with Crippen molar-refractivity contribution >= 4 is 16.9 Å². The summed E-state index contributed by atoms with van der Waals surface area (Å²) in [6.07, 6.45) is 0.411. The highest BCUT2D eigenvalue weighted by molar-refractivity contribution is 5.83. The lowest BCUT2D eigenvalue weighted by atomic mass is 9.93. The van der Waals surface area contributed by atoms with Crippen LogP contribution in [0.2, 0.25) is 0 Å². The number of carboxylic acids is 1. The fourth-order valence-corrected chi connectivity index (χ4v) is 6.27. The van der Waals surface area contributed by atoms with E-state index in [1.165, 1.54) is 6.07 Å². The van der Waals surface area contributed by atoms with Gasteiger partial charge in [-0.2, -0.15) is 0 Å². The first-order chi connectivity index (χ1) is 22.9. The minimum atomic E-state index is -0.873. The van der Waals surface area contributed by atoms with E-state index >= 15 is 0 Å². The van der Waals surface area contributed by atoms with Crippen LogP contribution in [0.3, 0.4) is 0 Å². The third-order valence-corrected chi connectivity index (χ3v) is 8.80. The molecule has 7 heteroatoms. The zero-order chi connectivity index (χ0) is 32.3. The average Bonchev–Trinajstić information content (AvgIpc) is 3.08.